The van der Waals surface area contributed by atoms with Gasteiger partial charge in [-0.3, -0.25) is 4.68 Å². The highest BCUT2D eigenvalue weighted by atomic mass is 35.5. The summed E-state index contributed by atoms with van der Waals surface area (Å²) in [6.07, 6.45) is 1.40. The summed E-state index contributed by atoms with van der Waals surface area (Å²) in [5.41, 5.74) is 1.35. The molecule has 100 valence electrons. The highest BCUT2D eigenvalue weighted by molar-refractivity contribution is 6.30. The molecule has 0 saturated carbocycles. The molecule has 0 amide bonds. The van der Waals surface area contributed by atoms with E-state index in [0.29, 0.717) is 5.15 Å². The Kier molecular flexibility index (Phi) is 3.71. The van der Waals surface area contributed by atoms with Crippen molar-refractivity contribution in [3.63, 3.8) is 0 Å². The minimum absolute atomic E-state index is 0.125. The van der Waals surface area contributed by atoms with Gasteiger partial charge in [0.25, 0.3) is 0 Å². The van der Waals surface area contributed by atoms with Crippen LogP contribution >= 0.6 is 11.6 Å². The van der Waals surface area contributed by atoms with Gasteiger partial charge in [0.15, 0.2) is 11.4 Å². The summed E-state index contributed by atoms with van der Waals surface area (Å²) < 4.78 is 7.02. The first-order chi connectivity index (χ1) is 9.00. The first-order valence-electron chi connectivity index (χ1n) is 5.49. The number of ether oxygens (including phenoxy) is 1. The van der Waals surface area contributed by atoms with Crippen LogP contribution in [0.4, 0.5) is 0 Å². The zero-order chi connectivity index (χ0) is 14.0. The zero-order valence-electron chi connectivity index (χ0n) is 10.4. The van der Waals surface area contributed by atoms with Crippen LogP contribution in [0.15, 0.2) is 18.3 Å². The van der Waals surface area contributed by atoms with E-state index < -0.39 is 5.97 Å². The van der Waals surface area contributed by atoms with Crippen LogP contribution in [-0.2, 0) is 13.7 Å². The highest BCUT2D eigenvalue weighted by Crippen LogP contribution is 2.22. The number of aromatic carboxylic acids is 1. The predicted molar refractivity (Wildman–Crippen MR) is 68.5 cm³/mol. The molecule has 1 N–H and O–H groups in total. The molecule has 0 aromatic carbocycles. The Labute approximate surface area is 114 Å². The van der Waals surface area contributed by atoms with E-state index in [1.54, 1.807) is 19.2 Å². The Hall–Kier alpha value is -2.08. The van der Waals surface area contributed by atoms with Gasteiger partial charge in [0.1, 0.15) is 11.8 Å². The number of carbonyl (C=O) groups is 1. The monoisotopic (exact) mass is 281 g/mol. The Morgan fingerprint density at radius 1 is 1.58 bits per heavy atom. The summed E-state index contributed by atoms with van der Waals surface area (Å²) in [6.45, 7) is 1.95. The predicted octanol–water partition coefficient (Wildman–Crippen LogP) is 2.05. The van der Waals surface area contributed by atoms with Crippen molar-refractivity contribution in [2.45, 2.75) is 13.5 Å². The quantitative estimate of drug-likeness (QED) is 0.928. The molecule has 0 aliphatic heterocycles. The molecular weight excluding hydrogens is 270 g/mol. The van der Waals surface area contributed by atoms with Gasteiger partial charge in [0, 0.05) is 18.8 Å². The van der Waals surface area contributed by atoms with Crippen LogP contribution in [0.5, 0.6) is 5.75 Å². The molecule has 0 spiro atoms. The molecule has 0 unspecified atom stereocenters. The van der Waals surface area contributed by atoms with Gasteiger partial charge < -0.3 is 9.84 Å². The molecule has 2 aromatic heterocycles. The third-order valence-electron chi connectivity index (χ3n) is 2.62. The van der Waals surface area contributed by atoms with Crippen LogP contribution < -0.4 is 4.74 Å². The van der Waals surface area contributed by atoms with E-state index in [0.717, 1.165) is 11.3 Å². The van der Waals surface area contributed by atoms with Crippen molar-refractivity contribution >= 4 is 17.6 Å². The summed E-state index contributed by atoms with van der Waals surface area (Å²) in [7, 11) is 1.73. The van der Waals surface area contributed by atoms with E-state index in [4.69, 9.17) is 21.4 Å². The second-order valence-electron chi connectivity index (χ2n) is 3.92. The van der Waals surface area contributed by atoms with Crippen molar-refractivity contribution in [3.05, 3.63) is 40.4 Å². The standard InChI is InChI=1S/C12H12ClN3O3/c1-7-8(11(13)16(2)15-7)6-19-9-4-3-5-14-10(9)12(17)18/h3-5H,6H2,1-2H3,(H,17,18). The number of hydrogen-bond donors (Lipinski definition) is 1. The van der Waals surface area contributed by atoms with Gasteiger partial charge in [0.2, 0.25) is 0 Å². The van der Waals surface area contributed by atoms with Gasteiger partial charge >= 0.3 is 5.97 Å². The van der Waals surface area contributed by atoms with Gasteiger partial charge in [-0.25, -0.2) is 9.78 Å². The van der Waals surface area contributed by atoms with Gasteiger partial charge in [-0.1, -0.05) is 11.6 Å². The number of carboxylic acids is 1. The summed E-state index contributed by atoms with van der Waals surface area (Å²) in [5.74, 6) is -0.932. The van der Waals surface area contributed by atoms with E-state index in [2.05, 4.69) is 10.1 Å². The normalized spacial score (nSPS) is 10.5. The van der Waals surface area contributed by atoms with E-state index in [9.17, 15) is 4.79 Å². The first kappa shape index (κ1) is 13.4. The number of aromatic nitrogens is 3. The molecule has 0 radical (unpaired) electrons. The van der Waals surface area contributed by atoms with Crippen molar-refractivity contribution in [1.82, 2.24) is 14.8 Å². The summed E-state index contributed by atoms with van der Waals surface area (Å²) in [6, 6.07) is 3.16. The maximum atomic E-state index is 11.0. The average molecular weight is 282 g/mol. The van der Waals surface area contributed by atoms with Crippen LogP contribution in [0.3, 0.4) is 0 Å². The number of halogens is 1. The molecule has 0 aliphatic carbocycles. The number of rotatable bonds is 4. The SMILES string of the molecule is Cc1nn(C)c(Cl)c1COc1cccnc1C(=O)O. The number of hydrogen-bond acceptors (Lipinski definition) is 4. The molecule has 0 bridgehead atoms. The fourth-order valence-corrected chi connectivity index (χ4v) is 1.88. The van der Waals surface area contributed by atoms with Crippen molar-refractivity contribution in [3.8, 4) is 5.75 Å². The largest absolute Gasteiger partial charge is 0.486 e. The minimum atomic E-state index is -1.13. The van der Waals surface area contributed by atoms with E-state index in [1.165, 1.54) is 10.9 Å². The van der Waals surface area contributed by atoms with Gasteiger partial charge in [-0.05, 0) is 19.1 Å². The average Bonchev–Trinajstić information content (AvgIpc) is 2.61. The fraction of sp³-hybridized carbons (Fsp3) is 0.250. The molecule has 0 aliphatic rings. The number of nitrogens with zero attached hydrogens (tertiary/aromatic N) is 3. The lowest BCUT2D eigenvalue weighted by atomic mass is 10.3. The molecule has 2 rings (SSSR count). The molecule has 0 fully saturated rings. The second-order valence-corrected chi connectivity index (χ2v) is 4.28. The first-order valence-corrected chi connectivity index (χ1v) is 5.87. The van der Waals surface area contributed by atoms with Crippen LogP contribution in [0.25, 0.3) is 0 Å². The molecule has 7 heteroatoms. The van der Waals surface area contributed by atoms with Crippen LogP contribution in [0, 0.1) is 6.92 Å². The molecular formula is C12H12ClN3O3. The number of pyridine rings is 1. The summed E-state index contributed by atoms with van der Waals surface area (Å²) in [5, 5.41) is 13.6. The second kappa shape index (κ2) is 5.27. The summed E-state index contributed by atoms with van der Waals surface area (Å²) >= 11 is 6.07. The molecule has 2 heterocycles. The van der Waals surface area contributed by atoms with Gasteiger partial charge in [0.05, 0.1) is 5.69 Å². The maximum absolute atomic E-state index is 11.0. The van der Waals surface area contributed by atoms with Crippen molar-refractivity contribution in [1.29, 1.82) is 0 Å². The fourth-order valence-electron chi connectivity index (χ4n) is 1.66. The van der Waals surface area contributed by atoms with Crippen molar-refractivity contribution < 1.29 is 14.6 Å². The minimum Gasteiger partial charge on any atom is -0.486 e. The van der Waals surface area contributed by atoms with Gasteiger partial charge in [-0.15, -0.1) is 0 Å². The molecule has 6 nitrogen and oxygen atoms in total. The van der Waals surface area contributed by atoms with Crippen molar-refractivity contribution in [2.75, 3.05) is 0 Å². The maximum Gasteiger partial charge on any atom is 0.358 e. The van der Waals surface area contributed by atoms with Crippen LogP contribution in [-0.4, -0.2) is 25.8 Å². The lowest BCUT2D eigenvalue weighted by Crippen LogP contribution is -2.06. The smallest absolute Gasteiger partial charge is 0.358 e. The van der Waals surface area contributed by atoms with Crippen molar-refractivity contribution in [2.24, 2.45) is 7.05 Å². The Balaban J connectivity index is 2.22. The topological polar surface area (TPSA) is 77.2 Å². The lowest BCUT2D eigenvalue weighted by molar-refractivity contribution is 0.0685. The Bertz CT molecular complexity index is 625. The van der Waals surface area contributed by atoms with Gasteiger partial charge in [-0.2, -0.15) is 5.10 Å². The molecule has 0 atom stereocenters. The zero-order valence-corrected chi connectivity index (χ0v) is 11.2. The number of aryl methyl sites for hydroxylation is 2. The van der Waals surface area contributed by atoms with Crippen LogP contribution in [0.2, 0.25) is 5.15 Å². The molecule has 0 saturated heterocycles. The van der Waals surface area contributed by atoms with E-state index in [1.807, 2.05) is 6.92 Å². The third-order valence-corrected chi connectivity index (χ3v) is 3.09. The summed E-state index contributed by atoms with van der Waals surface area (Å²) in [4.78, 5) is 14.7. The molecule has 2 aromatic rings. The Morgan fingerprint density at radius 3 is 2.89 bits per heavy atom. The van der Waals surface area contributed by atoms with E-state index in [-0.39, 0.29) is 18.1 Å². The van der Waals surface area contributed by atoms with Crippen LogP contribution in [0.1, 0.15) is 21.7 Å². The highest BCUT2D eigenvalue weighted by Gasteiger charge is 2.15. The third kappa shape index (κ3) is 2.68. The van der Waals surface area contributed by atoms with E-state index >= 15 is 0 Å². The lowest BCUT2D eigenvalue weighted by Gasteiger charge is -2.07. The Morgan fingerprint density at radius 2 is 2.32 bits per heavy atom. The molecule has 19 heavy (non-hydrogen) atoms. The number of carboxylic acid groups (broad SMARTS) is 1.